The Morgan fingerprint density at radius 2 is 2.00 bits per heavy atom. The third kappa shape index (κ3) is 4.44. The number of hydrogen-bond donors (Lipinski definition) is 1. The molecule has 0 aliphatic carbocycles. The monoisotopic (exact) mass is 292 g/mol. The third-order valence-electron chi connectivity index (χ3n) is 4.70. The van der Waals surface area contributed by atoms with Gasteiger partial charge in [0.1, 0.15) is 5.82 Å². The summed E-state index contributed by atoms with van der Waals surface area (Å²) in [7, 11) is 0. The van der Waals surface area contributed by atoms with Crippen molar-refractivity contribution in [1.82, 2.24) is 0 Å². The van der Waals surface area contributed by atoms with Crippen molar-refractivity contribution < 1.29 is 4.39 Å². The zero-order chi connectivity index (χ0) is 15.2. The Morgan fingerprint density at radius 3 is 2.62 bits per heavy atom. The molecule has 0 bridgehead atoms. The van der Waals surface area contributed by atoms with Crippen LogP contribution in [0.1, 0.15) is 51.5 Å². The van der Waals surface area contributed by atoms with Crippen molar-refractivity contribution in [3.8, 4) is 0 Å². The van der Waals surface area contributed by atoms with Gasteiger partial charge in [-0.15, -0.1) is 0 Å². The largest absolute Gasteiger partial charge is 0.371 e. The maximum absolute atomic E-state index is 13.6. The number of halogens is 1. The average molecular weight is 292 g/mol. The molecule has 0 aromatic heterocycles. The van der Waals surface area contributed by atoms with Crippen molar-refractivity contribution in [1.29, 1.82) is 0 Å². The van der Waals surface area contributed by atoms with Crippen LogP contribution in [0.3, 0.4) is 0 Å². The van der Waals surface area contributed by atoms with Crippen molar-refractivity contribution in [3.05, 3.63) is 29.6 Å². The fourth-order valence-electron chi connectivity index (χ4n) is 3.32. The van der Waals surface area contributed by atoms with Gasteiger partial charge in [0, 0.05) is 24.8 Å². The molecule has 3 heteroatoms. The summed E-state index contributed by atoms with van der Waals surface area (Å²) in [4.78, 5) is 2.42. The van der Waals surface area contributed by atoms with Crippen LogP contribution in [0.15, 0.2) is 18.2 Å². The van der Waals surface area contributed by atoms with Crippen LogP contribution in [0.25, 0.3) is 0 Å². The van der Waals surface area contributed by atoms with E-state index < -0.39 is 0 Å². The minimum Gasteiger partial charge on any atom is -0.371 e. The highest BCUT2D eigenvalue weighted by Crippen LogP contribution is 2.29. The number of piperidine rings is 1. The van der Waals surface area contributed by atoms with Gasteiger partial charge in [0.2, 0.25) is 0 Å². The van der Waals surface area contributed by atoms with E-state index in [1.807, 2.05) is 6.07 Å². The Labute approximate surface area is 128 Å². The van der Waals surface area contributed by atoms with Gasteiger partial charge in [-0.25, -0.2) is 4.39 Å². The molecule has 1 heterocycles. The second-order valence-electron chi connectivity index (χ2n) is 6.36. The fourth-order valence-corrected chi connectivity index (χ4v) is 3.32. The van der Waals surface area contributed by atoms with E-state index in [2.05, 4.69) is 18.7 Å². The number of rotatable bonds is 6. The third-order valence-corrected chi connectivity index (χ3v) is 4.70. The molecule has 0 saturated carbocycles. The summed E-state index contributed by atoms with van der Waals surface area (Å²) in [5, 5.41) is 0. The highest BCUT2D eigenvalue weighted by molar-refractivity contribution is 5.54. The van der Waals surface area contributed by atoms with E-state index in [0.717, 1.165) is 37.4 Å². The van der Waals surface area contributed by atoms with Crippen LogP contribution < -0.4 is 10.6 Å². The standard InChI is InChI=1S/C18H29FN2/c1-3-5-14-8-10-21(11-9-14)18-7-6-16(19)12-15(18)13-17(20)4-2/h6-7,12,14,17H,3-5,8-11,13,20H2,1-2H3. The van der Waals surface area contributed by atoms with Gasteiger partial charge >= 0.3 is 0 Å². The summed E-state index contributed by atoms with van der Waals surface area (Å²) in [6.45, 7) is 6.52. The van der Waals surface area contributed by atoms with E-state index in [4.69, 9.17) is 5.73 Å². The molecule has 21 heavy (non-hydrogen) atoms. The summed E-state index contributed by atoms with van der Waals surface area (Å²) >= 11 is 0. The molecule has 0 spiro atoms. The van der Waals surface area contributed by atoms with Crippen LogP contribution in [-0.4, -0.2) is 19.1 Å². The zero-order valence-electron chi connectivity index (χ0n) is 13.4. The first-order valence-electron chi connectivity index (χ1n) is 8.43. The van der Waals surface area contributed by atoms with Gasteiger partial charge in [0.15, 0.2) is 0 Å². The molecule has 1 saturated heterocycles. The van der Waals surface area contributed by atoms with Crippen LogP contribution in [-0.2, 0) is 6.42 Å². The van der Waals surface area contributed by atoms with Crippen LogP contribution in [0, 0.1) is 11.7 Å². The van der Waals surface area contributed by atoms with E-state index in [9.17, 15) is 4.39 Å². The van der Waals surface area contributed by atoms with Gasteiger partial charge in [0.05, 0.1) is 0 Å². The zero-order valence-corrected chi connectivity index (χ0v) is 13.4. The molecule has 2 N–H and O–H groups in total. The van der Waals surface area contributed by atoms with E-state index in [-0.39, 0.29) is 11.9 Å². The van der Waals surface area contributed by atoms with Gasteiger partial charge in [-0.3, -0.25) is 0 Å². The Kier molecular flexibility index (Phi) is 6.04. The first-order chi connectivity index (χ1) is 10.1. The molecule has 1 aliphatic rings. The van der Waals surface area contributed by atoms with Gasteiger partial charge in [-0.2, -0.15) is 0 Å². The molecule has 2 rings (SSSR count). The van der Waals surface area contributed by atoms with Gasteiger partial charge in [0.25, 0.3) is 0 Å². The minimum absolute atomic E-state index is 0.114. The van der Waals surface area contributed by atoms with Gasteiger partial charge in [-0.05, 0) is 55.4 Å². The lowest BCUT2D eigenvalue weighted by molar-refractivity contribution is 0.378. The Morgan fingerprint density at radius 1 is 1.29 bits per heavy atom. The predicted octanol–water partition coefficient (Wildman–Crippen LogP) is 4.12. The number of anilines is 1. The molecular formula is C18H29FN2. The number of benzene rings is 1. The molecule has 118 valence electrons. The normalized spacial score (nSPS) is 18.0. The fraction of sp³-hybridized carbons (Fsp3) is 0.667. The molecule has 1 unspecified atom stereocenters. The molecule has 1 atom stereocenters. The maximum atomic E-state index is 13.6. The van der Waals surface area contributed by atoms with E-state index in [1.165, 1.54) is 31.4 Å². The van der Waals surface area contributed by atoms with Crippen LogP contribution in [0.2, 0.25) is 0 Å². The highest BCUT2D eigenvalue weighted by Gasteiger charge is 2.21. The quantitative estimate of drug-likeness (QED) is 0.854. The Bertz CT molecular complexity index is 439. The molecule has 1 aromatic rings. The summed E-state index contributed by atoms with van der Waals surface area (Å²) in [6.07, 6.45) is 6.81. The second kappa shape index (κ2) is 7.79. The minimum atomic E-state index is -0.155. The summed E-state index contributed by atoms with van der Waals surface area (Å²) in [6, 6.07) is 5.30. The maximum Gasteiger partial charge on any atom is 0.123 e. The Balaban J connectivity index is 2.09. The van der Waals surface area contributed by atoms with Crippen molar-refractivity contribution in [3.63, 3.8) is 0 Å². The first-order valence-corrected chi connectivity index (χ1v) is 8.43. The summed E-state index contributed by atoms with van der Waals surface area (Å²) in [5.74, 6) is 0.714. The lowest BCUT2D eigenvalue weighted by Gasteiger charge is -2.35. The SMILES string of the molecule is CCCC1CCN(c2ccc(F)cc2CC(N)CC)CC1. The molecule has 0 amide bonds. The molecule has 2 nitrogen and oxygen atoms in total. The van der Waals surface area contributed by atoms with Crippen LogP contribution >= 0.6 is 0 Å². The topological polar surface area (TPSA) is 29.3 Å². The van der Waals surface area contributed by atoms with Crippen molar-refractivity contribution in [2.24, 2.45) is 11.7 Å². The second-order valence-corrected chi connectivity index (χ2v) is 6.36. The molecule has 1 aliphatic heterocycles. The van der Waals surface area contributed by atoms with E-state index >= 15 is 0 Å². The number of nitrogens with two attached hydrogens (primary N) is 1. The van der Waals surface area contributed by atoms with Crippen LogP contribution in [0.5, 0.6) is 0 Å². The smallest absolute Gasteiger partial charge is 0.123 e. The molecule has 1 fully saturated rings. The number of nitrogens with zero attached hydrogens (tertiary/aromatic N) is 1. The van der Waals surface area contributed by atoms with Crippen molar-refractivity contribution >= 4 is 5.69 Å². The first kappa shape index (κ1) is 16.3. The van der Waals surface area contributed by atoms with Crippen LogP contribution in [0.4, 0.5) is 10.1 Å². The van der Waals surface area contributed by atoms with Gasteiger partial charge < -0.3 is 10.6 Å². The van der Waals surface area contributed by atoms with Crippen molar-refractivity contribution in [2.45, 2.75) is 58.4 Å². The summed E-state index contributed by atoms with van der Waals surface area (Å²) in [5.41, 5.74) is 8.33. The highest BCUT2D eigenvalue weighted by atomic mass is 19.1. The lowest BCUT2D eigenvalue weighted by atomic mass is 9.91. The summed E-state index contributed by atoms with van der Waals surface area (Å²) < 4.78 is 13.6. The average Bonchev–Trinajstić information content (AvgIpc) is 2.49. The Hall–Kier alpha value is -1.09. The van der Waals surface area contributed by atoms with Crippen molar-refractivity contribution in [2.75, 3.05) is 18.0 Å². The number of hydrogen-bond acceptors (Lipinski definition) is 2. The van der Waals surface area contributed by atoms with Gasteiger partial charge in [-0.1, -0.05) is 26.7 Å². The molecular weight excluding hydrogens is 263 g/mol. The lowest BCUT2D eigenvalue weighted by Crippen LogP contribution is -2.35. The molecule has 0 radical (unpaired) electrons. The molecule has 1 aromatic carbocycles. The predicted molar refractivity (Wildman–Crippen MR) is 88.2 cm³/mol. The van der Waals surface area contributed by atoms with E-state index in [0.29, 0.717) is 0 Å². The van der Waals surface area contributed by atoms with E-state index in [1.54, 1.807) is 12.1 Å².